The Morgan fingerprint density at radius 3 is 2.83 bits per heavy atom. The molecule has 1 unspecified atom stereocenters. The van der Waals surface area contributed by atoms with E-state index < -0.39 is 18.2 Å². The molecule has 1 amide bonds. The number of amides is 1. The molecular weight excluding hydrogens is 311 g/mol. The van der Waals surface area contributed by atoms with E-state index in [9.17, 15) is 23.1 Å². The number of aliphatic hydroxyl groups excluding tert-OH is 1. The lowest BCUT2D eigenvalue weighted by Gasteiger charge is -2.13. The van der Waals surface area contributed by atoms with Gasteiger partial charge in [0.15, 0.2) is 0 Å². The summed E-state index contributed by atoms with van der Waals surface area (Å²) in [5.74, 6) is 3.80. The van der Waals surface area contributed by atoms with Crippen LogP contribution in [0.1, 0.15) is 30.1 Å². The molecule has 4 nitrogen and oxygen atoms in total. The van der Waals surface area contributed by atoms with Gasteiger partial charge in [-0.25, -0.2) is 0 Å². The van der Waals surface area contributed by atoms with E-state index in [1.54, 1.807) is 36.7 Å². The van der Waals surface area contributed by atoms with Gasteiger partial charge in [0, 0.05) is 25.6 Å². The molecule has 23 heavy (non-hydrogen) atoms. The van der Waals surface area contributed by atoms with E-state index in [4.69, 9.17) is 4.74 Å². The molecule has 0 aromatic heterocycles. The summed E-state index contributed by atoms with van der Waals surface area (Å²) in [6.07, 6.45) is -5.35. The minimum Gasteiger partial charge on any atom is -0.388 e. The zero-order chi connectivity index (χ0) is 17.3. The van der Waals surface area contributed by atoms with E-state index in [0.29, 0.717) is 24.2 Å². The molecule has 1 rings (SSSR count). The second-order valence-electron chi connectivity index (χ2n) is 4.73. The van der Waals surface area contributed by atoms with Crippen LogP contribution in [0.3, 0.4) is 0 Å². The minimum absolute atomic E-state index is 0.0254. The van der Waals surface area contributed by atoms with Gasteiger partial charge >= 0.3 is 12.1 Å². The first-order valence-electron chi connectivity index (χ1n) is 6.95. The molecule has 2 N–H and O–H groups in total. The van der Waals surface area contributed by atoms with Crippen molar-refractivity contribution in [3.05, 3.63) is 35.4 Å². The maximum atomic E-state index is 12.0. The Morgan fingerprint density at radius 2 is 2.17 bits per heavy atom. The number of alkyl halides is 3. The predicted octanol–water partition coefficient (Wildman–Crippen LogP) is 2.18. The third-order valence-electron chi connectivity index (χ3n) is 2.90. The topological polar surface area (TPSA) is 58.6 Å². The van der Waals surface area contributed by atoms with Crippen LogP contribution in [-0.2, 0) is 9.53 Å². The summed E-state index contributed by atoms with van der Waals surface area (Å²) in [5.41, 5.74) is 1.22. The Hall–Kier alpha value is -2.04. The van der Waals surface area contributed by atoms with Crippen LogP contribution in [0.2, 0.25) is 0 Å². The van der Waals surface area contributed by atoms with Gasteiger partial charge in [-0.1, -0.05) is 24.0 Å². The number of hydrogen-bond donors (Lipinski definition) is 2. The van der Waals surface area contributed by atoms with Gasteiger partial charge in [-0.3, -0.25) is 4.79 Å². The van der Waals surface area contributed by atoms with Crippen molar-refractivity contribution in [3.63, 3.8) is 0 Å². The van der Waals surface area contributed by atoms with Crippen LogP contribution in [0.25, 0.3) is 0 Å². The van der Waals surface area contributed by atoms with Crippen molar-refractivity contribution in [2.45, 2.75) is 25.1 Å². The summed E-state index contributed by atoms with van der Waals surface area (Å²) >= 11 is 0. The highest BCUT2D eigenvalue weighted by molar-refractivity contribution is 5.81. The van der Waals surface area contributed by atoms with E-state index in [1.165, 1.54) is 0 Å². The lowest BCUT2D eigenvalue weighted by atomic mass is 10.0. The Bertz CT molecular complexity index is 576. The standard InChI is InChI=1S/C16H18F3NO3/c1-23-10-3-2-5-12-6-4-7-13(11-12)14(21)8-9-20-15(22)16(17,18)19/h4,6-7,11,14,21H,3,8-10H2,1H3,(H,20,22). The summed E-state index contributed by atoms with van der Waals surface area (Å²) < 4.78 is 40.9. The minimum atomic E-state index is -4.91. The summed E-state index contributed by atoms with van der Waals surface area (Å²) in [6, 6.07) is 6.78. The molecule has 0 heterocycles. The third kappa shape index (κ3) is 7.17. The van der Waals surface area contributed by atoms with Gasteiger partial charge in [-0.15, -0.1) is 0 Å². The van der Waals surface area contributed by atoms with Crippen molar-refractivity contribution in [2.75, 3.05) is 20.3 Å². The number of ether oxygens (including phenoxy) is 1. The lowest BCUT2D eigenvalue weighted by molar-refractivity contribution is -0.173. The quantitative estimate of drug-likeness (QED) is 0.621. The van der Waals surface area contributed by atoms with Crippen LogP contribution in [0.15, 0.2) is 24.3 Å². The molecule has 0 bridgehead atoms. The van der Waals surface area contributed by atoms with Crippen molar-refractivity contribution in [3.8, 4) is 11.8 Å². The average molecular weight is 329 g/mol. The molecule has 7 heteroatoms. The fourth-order valence-electron chi connectivity index (χ4n) is 1.73. The van der Waals surface area contributed by atoms with Crippen molar-refractivity contribution < 1.29 is 27.8 Å². The lowest BCUT2D eigenvalue weighted by Crippen LogP contribution is -2.37. The monoisotopic (exact) mass is 329 g/mol. The third-order valence-corrected chi connectivity index (χ3v) is 2.90. The van der Waals surface area contributed by atoms with Crippen LogP contribution in [0.5, 0.6) is 0 Å². The molecule has 0 saturated heterocycles. The Balaban J connectivity index is 2.54. The SMILES string of the molecule is COCCC#Cc1cccc(C(O)CCNC(=O)C(F)(F)F)c1. The molecule has 0 aliphatic heterocycles. The molecule has 0 spiro atoms. The molecule has 0 saturated carbocycles. The normalized spacial score (nSPS) is 12.2. The number of aliphatic hydroxyl groups is 1. The highest BCUT2D eigenvalue weighted by atomic mass is 19.4. The highest BCUT2D eigenvalue weighted by Crippen LogP contribution is 2.18. The highest BCUT2D eigenvalue weighted by Gasteiger charge is 2.38. The number of rotatable bonds is 6. The largest absolute Gasteiger partial charge is 0.471 e. The Labute approximate surface area is 132 Å². The zero-order valence-electron chi connectivity index (χ0n) is 12.6. The van der Waals surface area contributed by atoms with E-state index in [-0.39, 0.29) is 13.0 Å². The molecule has 1 atom stereocenters. The molecule has 1 aromatic carbocycles. The summed E-state index contributed by atoms with van der Waals surface area (Å²) in [4.78, 5) is 10.7. The van der Waals surface area contributed by atoms with Gasteiger partial charge in [0.25, 0.3) is 0 Å². The van der Waals surface area contributed by atoms with E-state index in [2.05, 4.69) is 11.8 Å². The fraction of sp³-hybridized carbons (Fsp3) is 0.438. The molecule has 0 fully saturated rings. The maximum Gasteiger partial charge on any atom is 0.471 e. The number of halogens is 3. The van der Waals surface area contributed by atoms with Crippen molar-refractivity contribution in [1.29, 1.82) is 0 Å². The summed E-state index contributed by atoms with van der Waals surface area (Å²) in [5, 5.41) is 11.7. The predicted molar refractivity (Wildman–Crippen MR) is 78.5 cm³/mol. The van der Waals surface area contributed by atoms with Crippen LogP contribution in [-0.4, -0.2) is 37.5 Å². The Morgan fingerprint density at radius 1 is 1.43 bits per heavy atom. The van der Waals surface area contributed by atoms with Crippen LogP contribution >= 0.6 is 0 Å². The second-order valence-corrected chi connectivity index (χ2v) is 4.73. The first kappa shape index (κ1) is 19.0. The van der Waals surface area contributed by atoms with Gasteiger partial charge < -0.3 is 15.2 Å². The molecule has 0 aliphatic rings. The van der Waals surface area contributed by atoms with Crippen molar-refractivity contribution in [2.24, 2.45) is 0 Å². The fourth-order valence-corrected chi connectivity index (χ4v) is 1.73. The van der Waals surface area contributed by atoms with Gasteiger partial charge in [0.05, 0.1) is 12.7 Å². The van der Waals surface area contributed by atoms with Crippen LogP contribution < -0.4 is 5.32 Å². The van der Waals surface area contributed by atoms with E-state index in [0.717, 1.165) is 0 Å². The zero-order valence-corrected chi connectivity index (χ0v) is 12.6. The molecule has 0 aliphatic carbocycles. The number of hydrogen-bond acceptors (Lipinski definition) is 3. The molecular formula is C16H18F3NO3. The first-order chi connectivity index (χ1) is 10.8. The number of benzene rings is 1. The van der Waals surface area contributed by atoms with Crippen LogP contribution in [0.4, 0.5) is 13.2 Å². The van der Waals surface area contributed by atoms with E-state index in [1.807, 2.05) is 0 Å². The van der Waals surface area contributed by atoms with E-state index >= 15 is 0 Å². The van der Waals surface area contributed by atoms with Crippen LogP contribution in [0, 0.1) is 11.8 Å². The average Bonchev–Trinajstić information content (AvgIpc) is 2.50. The first-order valence-corrected chi connectivity index (χ1v) is 6.95. The number of carbonyl (C=O) groups is 1. The molecule has 1 aromatic rings. The maximum absolute atomic E-state index is 12.0. The second kappa shape index (κ2) is 9.18. The summed E-state index contributed by atoms with van der Waals surface area (Å²) in [7, 11) is 1.58. The smallest absolute Gasteiger partial charge is 0.388 e. The number of nitrogens with one attached hydrogen (secondary N) is 1. The van der Waals surface area contributed by atoms with Gasteiger partial charge in [0.1, 0.15) is 0 Å². The van der Waals surface area contributed by atoms with Crippen molar-refractivity contribution in [1.82, 2.24) is 5.32 Å². The van der Waals surface area contributed by atoms with Crippen molar-refractivity contribution >= 4 is 5.91 Å². The molecule has 126 valence electrons. The van der Waals surface area contributed by atoms with Gasteiger partial charge in [-0.2, -0.15) is 13.2 Å². The molecule has 0 radical (unpaired) electrons. The number of carbonyl (C=O) groups excluding carboxylic acids is 1. The van der Waals surface area contributed by atoms with Gasteiger partial charge in [-0.05, 0) is 24.1 Å². The summed E-state index contributed by atoms with van der Waals surface area (Å²) in [6.45, 7) is 0.247. The Kier molecular flexibility index (Phi) is 7.59. The van der Waals surface area contributed by atoms with Gasteiger partial charge in [0.2, 0.25) is 0 Å². The number of methoxy groups -OCH3 is 1.